The van der Waals surface area contributed by atoms with Crippen molar-refractivity contribution in [2.24, 2.45) is 0 Å². The Morgan fingerprint density at radius 1 is 1.21 bits per heavy atom. The highest BCUT2D eigenvalue weighted by molar-refractivity contribution is 7.89. The van der Waals surface area contributed by atoms with Gasteiger partial charge in [-0.2, -0.15) is 4.31 Å². The van der Waals surface area contributed by atoms with Crippen molar-refractivity contribution in [3.8, 4) is 0 Å². The van der Waals surface area contributed by atoms with Crippen LogP contribution in [0.15, 0.2) is 0 Å². The summed E-state index contributed by atoms with van der Waals surface area (Å²) in [6.45, 7) is 4.03. The molecule has 160 valence electrons. The molecule has 1 aromatic heterocycles. The summed E-state index contributed by atoms with van der Waals surface area (Å²) in [6, 6.07) is -0.365. The monoisotopic (exact) mass is 443 g/mol. The molecule has 0 aromatic carbocycles. The predicted molar refractivity (Wildman–Crippen MR) is 108 cm³/mol. The fourth-order valence-electron chi connectivity index (χ4n) is 3.24. The number of rotatable bonds is 6. The van der Waals surface area contributed by atoms with Crippen molar-refractivity contribution >= 4 is 44.3 Å². The van der Waals surface area contributed by atoms with Crippen molar-refractivity contribution in [3.05, 3.63) is 10.6 Å². The van der Waals surface area contributed by atoms with Crippen molar-refractivity contribution < 1.29 is 22.8 Å². The van der Waals surface area contributed by atoms with Crippen LogP contribution in [-0.4, -0.2) is 65.3 Å². The van der Waals surface area contributed by atoms with Gasteiger partial charge in [-0.3, -0.25) is 19.8 Å². The molecule has 0 atom stereocenters. The van der Waals surface area contributed by atoms with E-state index in [4.69, 9.17) is 0 Å². The first kappa shape index (κ1) is 21.7. The molecule has 0 bridgehead atoms. The van der Waals surface area contributed by atoms with Gasteiger partial charge in [0.25, 0.3) is 0 Å². The lowest BCUT2D eigenvalue weighted by Gasteiger charge is -2.28. The summed E-state index contributed by atoms with van der Waals surface area (Å²) in [5.41, 5.74) is 0.780. The molecule has 2 aliphatic rings. The van der Waals surface area contributed by atoms with Crippen LogP contribution in [0.2, 0.25) is 0 Å². The van der Waals surface area contributed by atoms with Crippen molar-refractivity contribution in [2.75, 3.05) is 24.2 Å². The number of hydrogen-bond donors (Lipinski definition) is 2. The first-order valence-corrected chi connectivity index (χ1v) is 12.0. The second-order valence-electron chi connectivity index (χ2n) is 7.33. The van der Waals surface area contributed by atoms with Crippen LogP contribution in [0, 0.1) is 0 Å². The van der Waals surface area contributed by atoms with Crippen LogP contribution in [0.5, 0.6) is 0 Å². The van der Waals surface area contributed by atoms with Gasteiger partial charge in [-0.15, -0.1) is 0 Å². The molecule has 0 saturated carbocycles. The quantitative estimate of drug-likeness (QED) is 0.629. The van der Waals surface area contributed by atoms with Gasteiger partial charge in [-0.1, -0.05) is 11.3 Å². The molecule has 2 aliphatic heterocycles. The smallest absolute Gasteiger partial charge is 0.321 e. The van der Waals surface area contributed by atoms with Gasteiger partial charge < -0.3 is 5.32 Å². The number of thiazole rings is 1. The van der Waals surface area contributed by atoms with E-state index >= 15 is 0 Å². The van der Waals surface area contributed by atoms with E-state index in [2.05, 4.69) is 15.6 Å². The summed E-state index contributed by atoms with van der Waals surface area (Å²) in [7, 11) is -3.64. The van der Waals surface area contributed by atoms with Crippen LogP contribution in [0.25, 0.3) is 0 Å². The number of amides is 4. The molecule has 10 nitrogen and oxygen atoms in total. The molecule has 1 fully saturated rings. The molecule has 29 heavy (non-hydrogen) atoms. The van der Waals surface area contributed by atoms with Gasteiger partial charge in [0.05, 0.1) is 11.4 Å². The number of carbonyl (C=O) groups is 3. The van der Waals surface area contributed by atoms with Gasteiger partial charge in [0.1, 0.15) is 0 Å². The highest BCUT2D eigenvalue weighted by atomic mass is 32.2. The van der Waals surface area contributed by atoms with Crippen LogP contribution >= 0.6 is 11.3 Å². The van der Waals surface area contributed by atoms with Gasteiger partial charge in [-0.25, -0.2) is 18.2 Å². The van der Waals surface area contributed by atoms with E-state index in [1.54, 1.807) is 0 Å². The highest BCUT2D eigenvalue weighted by Gasteiger charge is 2.32. The molecule has 1 aromatic rings. The minimum Gasteiger partial charge on any atom is -0.336 e. The van der Waals surface area contributed by atoms with Crippen molar-refractivity contribution in [1.82, 2.24) is 19.5 Å². The molecule has 2 N–H and O–H groups in total. The molecule has 12 heteroatoms. The van der Waals surface area contributed by atoms with Crippen LogP contribution in [-0.2, 0) is 32.6 Å². The Morgan fingerprint density at radius 2 is 1.90 bits per heavy atom. The van der Waals surface area contributed by atoms with Crippen LogP contribution in [0.3, 0.4) is 0 Å². The molecule has 0 aliphatic carbocycles. The molecular formula is C17H25N5O5S2. The fraction of sp³-hybridized carbons (Fsp3) is 0.647. The van der Waals surface area contributed by atoms with Crippen LogP contribution in [0.4, 0.5) is 9.93 Å². The van der Waals surface area contributed by atoms with Crippen LogP contribution < -0.4 is 10.6 Å². The molecule has 4 amide bonds. The number of sulfonamides is 1. The number of carbonyl (C=O) groups excluding carboxylic acids is 3. The second kappa shape index (κ2) is 8.76. The minimum absolute atomic E-state index is 0.0103. The zero-order valence-electron chi connectivity index (χ0n) is 16.4. The topological polar surface area (TPSA) is 129 Å². The number of fused-ring (bicyclic) bond motifs is 1. The lowest BCUT2D eigenvalue weighted by Crippen LogP contribution is -2.45. The third-order valence-corrected chi connectivity index (χ3v) is 7.48. The Hall–Kier alpha value is -2.05. The normalized spacial score (nSPS) is 18.1. The number of nitrogens with one attached hydrogen (secondary N) is 2. The van der Waals surface area contributed by atoms with E-state index in [-0.39, 0.29) is 62.1 Å². The van der Waals surface area contributed by atoms with E-state index in [1.165, 1.54) is 15.6 Å². The maximum Gasteiger partial charge on any atom is 0.321 e. The highest BCUT2D eigenvalue weighted by Crippen LogP contribution is 2.29. The maximum absolute atomic E-state index is 12.7. The van der Waals surface area contributed by atoms with E-state index < -0.39 is 10.0 Å². The van der Waals surface area contributed by atoms with E-state index in [0.717, 1.165) is 15.5 Å². The Balaban J connectivity index is 1.61. The Bertz CT molecular complexity index is 895. The average Bonchev–Trinajstić information content (AvgIpc) is 3.01. The molecule has 1 saturated heterocycles. The zero-order valence-corrected chi connectivity index (χ0v) is 18.1. The van der Waals surface area contributed by atoms with Crippen molar-refractivity contribution in [2.45, 2.75) is 52.1 Å². The number of likely N-dealkylation sites (tertiary alicyclic amines) is 1. The molecule has 0 spiro atoms. The zero-order chi connectivity index (χ0) is 21.2. The third kappa shape index (κ3) is 5.31. The maximum atomic E-state index is 12.7. The number of nitrogens with zero attached hydrogens (tertiary/aromatic N) is 3. The number of anilines is 1. The van der Waals surface area contributed by atoms with Gasteiger partial charge in [-0.05, 0) is 20.3 Å². The summed E-state index contributed by atoms with van der Waals surface area (Å²) in [6.07, 6.45) is 1.52. The SMILES string of the molecule is CC(C)NC(=O)Nc1nc2c(s1)CN(S(=O)(=O)CCN1C(=O)CCCC1=O)CC2. The first-order valence-electron chi connectivity index (χ1n) is 9.53. The summed E-state index contributed by atoms with van der Waals surface area (Å²) < 4.78 is 26.8. The van der Waals surface area contributed by atoms with Gasteiger partial charge >= 0.3 is 6.03 Å². The standard InChI is InChI=1S/C17H25N5O5S2/c1-11(2)18-16(25)20-17-19-12-6-7-21(10-13(12)28-17)29(26,27)9-8-22-14(23)4-3-5-15(22)24/h11H,3-10H2,1-2H3,(H2,18,19,20,25). The van der Waals surface area contributed by atoms with E-state index in [0.29, 0.717) is 18.0 Å². The first-order chi connectivity index (χ1) is 13.7. The van der Waals surface area contributed by atoms with Gasteiger partial charge in [0.2, 0.25) is 21.8 Å². The molecule has 3 rings (SSSR count). The summed E-state index contributed by atoms with van der Waals surface area (Å²) in [5, 5.41) is 5.81. The number of imide groups is 1. The van der Waals surface area contributed by atoms with Gasteiger partial charge in [0, 0.05) is 49.8 Å². The second-order valence-corrected chi connectivity index (χ2v) is 10.5. The molecular weight excluding hydrogens is 418 g/mol. The molecule has 3 heterocycles. The average molecular weight is 444 g/mol. The van der Waals surface area contributed by atoms with Crippen LogP contribution in [0.1, 0.15) is 43.7 Å². The third-order valence-electron chi connectivity index (χ3n) is 4.69. The van der Waals surface area contributed by atoms with Gasteiger partial charge in [0.15, 0.2) is 5.13 Å². The summed E-state index contributed by atoms with van der Waals surface area (Å²) in [5.74, 6) is -0.911. The lowest BCUT2D eigenvalue weighted by atomic mass is 10.1. The largest absolute Gasteiger partial charge is 0.336 e. The Morgan fingerprint density at radius 3 is 2.55 bits per heavy atom. The number of urea groups is 1. The lowest BCUT2D eigenvalue weighted by molar-refractivity contribution is -0.147. The Labute approximate surface area is 173 Å². The van der Waals surface area contributed by atoms with E-state index in [1.807, 2.05) is 13.8 Å². The number of piperidine rings is 1. The molecule has 0 radical (unpaired) electrons. The predicted octanol–water partition coefficient (Wildman–Crippen LogP) is 0.900. The number of hydrogen-bond acceptors (Lipinski definition) is 7. The fourth-order valence-corrected chi connectivity index (χ4v) is 5.71. The summed E-state index contributed by atoms with van der Waals surface area (Å²) in [4.78, 5) is 41.8. The number of aromatic nitrogens is 1. The van der Waals surface area contributed by atoms with Crippen molar-refractivity contribution in [1.29, 1.82) is 0 Å². The Kier molecular flexibility index (Phi) is 6.54. The van der Waals surface area contributed by atoms with Crippen molar-refractivity contribution in [3.63, 3.8) is 0 Å². The molecule has 0 unspecified atom stereocenters. The summed E-state index contributed by atoms with van der Waals surface area (Å²) >= 11 is 1.25. The minimum atomic E-state index is -3.64. The van der Waals surface area contributed by atoms with E-state index in [9.17, 15) is 22.8 Å².